The van der Waals surface area contributed by atoms with Crippen LogP contribution in [0.3, 0.4) is 0 Å². The van der Waals surface area contributed by atoms with Crippen LogP contribution in [0.2, 0.25) is 0 Å². The Morgan fingerprint density at radius 1 is 0.923 bits per heavy atom. The number of thioether (sulfide) groups is 1. The zero-order valence-electron chi connectivity index (χ0n) is 13.8. The van der Waals surface area contributed by atoms with Gasteiger partial charge in [-0.25, -0.2) is 0 Å². The minimum Gasteiger partial charge on any atom is -0.296 e. The first kappa shape index (κ1) is 16.8. The summed E-state index contributed by atoms with van der Waals surface area (Å²) in [5.41, 5.74) is 1.87. The van der Waals surface area contributed by atoms with Gasteiger partial charge in [0.05, 0.1) is 0 Å². The highest BCUT2D eigenvalue weighted by Crippen LogP contribution is 2.29. The molecule has 3 aromatic carbocycles. The van der Waals surface area contributed by atoms with Crippen LogP contribution in [-0.2, 0) is 5.75 Å². The summed E-state index contributed by atoms with van der Waals surface area (Å²) in [5.74, 6) is 0.657. The van der Waals surface area contributed by atoms with Crippen molar-refractivity contribution < 1.29 is 4.79 Å². The molecule has 0 radical (unpaired) electrons. The maximum absolute atomic E-state index is 12.6. The summed E-state index contributed by atoms with van der Waals surface area (Å²) < 4.78 is 0.835. The molecule has 0 fully saturated rings. The average Bonchev–Trinajstić information content (AvgIpc) is 3.14. The highest BCUT2D eigenvalue weighted by Gasteiger charge is 2.13. The second-order valence-electron chi connectivity index (χ2n) is 5.63. The molecule has 1 aromatic heterocycles. The number of aromatic nitrogens is 2. The van der Waals surface area contributed by atoms with Gasteiger partial charge in [-0.05, 0) is 22.4 Å². The topological polar surface area (TPSA) is 54.9 Å². The van der Waals surface area contributed by atoms with Crippen LogP contribution < -0.4 is 5.32 Å². The van der Waals surface area contributed by atoms with E-state index < -0.39 is 0 Å². The first-order valence-electron chi connectivity index (χ1n) is 8.09. The third kappa shape index (κ3) is 3.76. The standard InChI is InChI=1S/C20H15N3OS2/c24-18(17-12-6-10-15-9-4-5-11-16(15)17)21-19-22-23-20(26-19)25-13-14-7-2-1-3-8-14/h1-12H,13H2,(H,21,22,24). The minimum atomic E-state index is -0.169. The highest BCUT2D eigenvalue weighted by atomic mass is 32.2. The molecular formula is C20H15N3OS2. The fourth-order valence-electron chi connectivity index (χ4n) is 2.63. The summed E-state index contributed by atoms with van der Waals surface area (Å²) in [6.07, 6.45) is 0. The molecular weight excluding hydrogens is 362 g/mol. The van der Waals surface area contributed by atoms with Gasteiger partial charge in [-0.3, -0.25) is 10.1 Å². The highest BCUT2D eigenvalue weighted by molar-refractivity contribution is 8.00. The largest absolute Gasteiger partial charge is 0.296 e. The quantitative estimate of drug-likeness (QED) is 0.382. The first-order valence-corrected chi connectivity index (χ1v) is 9.89. The fourth-order valence-corrected chi connectivity index (χ4v) is 4.33. The van der Waals surface area contributed by atoms with Gasteiger partial charge < -0.3 is 0 Å². The number of benzene rings is 3. The molecule has 0 bridgehead atoms. The molecule has 0 unspecified atom stereocenters. The van der Waals surface area contributed by atoms with Gasteiger partial charge in [-0.2, -0.15) is 0 Å². The molecule has 6 heteroatoms. The molecule has 4 nitrogen and oxygen atoms in total. The van der Waals surface area contributed by atoms with Crippen LogP contribution in [0.4, 0.5) is 5.13 Å². The monoisotopic (exact) mass is 377 g/mol. The van der Waals surface area contributed by atoms with Crippen molar-refractivity contribution in [2.45, 2.75) is 10.1 Å². The number of rotatable bonds is 5. The fraction of sp³-hybridized carbons (Fsp3) is 0.0500. The SMILES string of the molecule is O=C(Nc1nnc(SCc2ccccc2)s1)c1cccc2ccccc12. The molecule has 0 aliphatic heterocycles. The first-order chi connectivity index (χ1) is 12.8. The zero-order valence-corrected chi connectivity index (χ0v) is 15.4. The van der Waals surface area contributed by atoms with Crippen LogP contribution in [0.5, 0.6) is 0 Å². The van der Waals surface area contributed by atoms with Gasteiger partial charge in [-0.1, -0.05) is 89.8 Å². The molecule has 128 valence electrons. The molecule has 1 amide bonds. The van der Waals surface area contributed by atoms with E-state index in [2.05, 4.69) is 27.6 Å². The number of nitrogens with zero attached hydrogens (tertiary/aromatic N) is 2. The van der Waals surface area contributed by atoms with Crippen molar-refractivity contribution in [3.63, 3.8) is 0 Å². The van der Waals surface area contributed by atoms with Gasteiger partial charge in [0.2, 0.25) is 5.13 Å². The van der Waals surface area contributed by atoms with E-state index in [1.807, 2.05) is 60.7 Å². The Morgan fingerprint density at radius 2 is 1.69 bits per heavy atom. The van der Waals surface area contributed by atoms with E-state index >= 15 is 0 Å². The lowest BCUT2D eigenvalue weighted by Crippen LogP contribution is -2.12. The number of carbonyl (C=O) groups is 1. The summed E-state index contributed by atoms with van der Waals surface area (Å²) in [7, 11) is 0. The van der Waals surface area contributed by atoms with Crippen molar-refractivity contribution in [2.24, 2.45) is 0 Å². The molecule has 0 spiro atoms. The van der Waals surface area contributed by atoms with Crippen LogP contribution in [0.25, 0.3) is 10.8 Å². The Kier molecular flexibility index (Phi) is 4.95. The van der Waals surface area contributed by atoms with E-state index in [1.54, 1.807) is 11.8 Å². The van der Waals surface area contributed by atoms with Crippen molar-refractivity contribution in [3.8, 4) is 0 Å². The average molecular weight is 377 g/mol. The van der Waals surface area contributed by atoms with E-state index in [0.717, 1.165) is 20.9 Å². The van der Waals surface area contributed by atoms with Crippen LogP contribution in [-0.4, -0.2) is 16.1 Å². The number of hydrogen-bond acceptors (Lipinski definition) is 5. The van der Waals surface area contributed by atoms with Crippen LogP contribution >= 0.6 is 23.1 Å². The molecule has 0 aliphatic carbocycles. The van der Waals surface area contributed by atoms with Crippen molar-refractivity contribution in [3.05, 3.63) is 83.9 Å². The maximum atomic E-state index is 12.6. The maximum Gasteiger partial charge on any atom is 0.258 e. The molecule has 1 N–H and O–H groups in total. The molecule has 0 aliphatic rings. The Bertz CT molecular complexity index is 1040. The molecule has 0 saturated carbocycles. The smallest absolute Gasteiger partial charge is 0.258 e. The summed E-state index contributed by atoms with van der Waals surface area (Å²) in [4.78, 5) is 12.6. The van der Waals surface area contributed by atoms with E-state index in [-0.39, 0.29) is 5.91 Å². The number of amides is 1. The van der Waals surface area contributed by atoms with E-state index in [1.165, 1.54) is 16.9 Å². The van der Waals surface area contributed by atoms with Crippen LogP contribution in [0.1, 0.15) is 15.9 Å². The van der Waals surface area contributed by atoms with Crippen LogP contribution in [0, 0.1) is 0 Å². The van der Waals surface area contributed by atoms with Gasteiger partial charge in [0.15, 0.2) is 4.34 Å². The van der Waals surface area contributed by atoms with Gasteiger partial charge in [0, 0.05) is 11.3 Å². The van der Waals surface area contributed by atoms with Crippen molar-refractivity contribution >= 4 is 44.9 Å². The summed E-state index contributed by atoms with van der Waals surface area (Å²) in [6.45, 7) is 0. The molecule has 1 heterocycles. The van der Waals surface area contributed by atoms with Crippen LogP contribution in [0.15, 0.2) is 77.1 Å². The second kappa shape index (κ2) is 7.68. The number of hydrogen-bond donors (Lipinski definition) is 1. The van der Waals surface area contributed by atoms with E-state index in [4.69, 9.17) is 0 Å². The van der Waals surface area contributed by atoms with Gasteiger partial charge in [0.25, 0.3) is 5.91 Å². The molecule has 4 rings (SSSR count). The Balaban J connectivity index is 1.46. The Morgan fingerprint density at radius 3 is 2.58 bits per heavy atom. The van der Waals surface area contributed by atoms with Gasteiger partial charge in [0.1, 0.15) is 0 Å². The number of nitrogens with one attached hydrogen (secondary N) is 1. The lowest BCUT2D eigenvalue weighted by molar-refractivity contribution is 0.102. The van der Waals surface area contributed by atoms with Gasteiger partial charge in [-0.15, -0.1) is 10.2 Å². The molecule has 26 heavy (non-hydrogen) atoms. The normalized spacial score (nSPS) is 10.8. The number of fused-ring (bicyclic) bond motifs is 1. The summed E-state index contributed by atoms with van der Waals surface area (Å²) in [5, 5.41) is 13.6. The number of anilines is 1. The molecule has 4 aromatic rings. The third-order valence-corrected chi connectivity index (χ3v) is 5.91. The lowest BCUT2D eigenvalue weighted by Gasteiger charge is -2.05. The van der Waals surface area contributed by atoms with E-state index in [0.29, 0.717) is 10.7 Å². The summed E-state index contributed by atoms with van der Waals surface area (Å²) in [6, 6.07) is 23.7. The molecule has 0 atom stereocenters. The third-order valence-electron chi connectivity index (χ3n) is 3.87. The van der Waals surface area contributed by atoms with Crippen molar-refractivity contribution in [1.82, 2.24) is 10.2 Å². The number of carbonyl (C=O) groups excluding carboxylic acids is 1. The van der Waals surface area contributed by atoms with Crippen molar-refractivity contribution in [1.29, 1.82) is 0 Å². The second-order valence-corrected chi connectivity index (χ2v) is 7.83. The predicted octanol–water partition coefficient (Wildman–Crippen LogP) is 5.24. The van der Waals surface area contributed by atoms with Crippen molar-refractivity contribution in [2.75, 3.05) is 5.32 Å². The van der Waals surface area contributed by atoms with E-state index in [9.17, 15) is 4.79 Å². The Labute approximate surface area is 159 Å². The molecule has 0 saturated heterocycles. The lowest BCUT2D eigenvalue weighted by atomic mass is 10.0. The zero-order chi connectivity index (χ0) is 17.8. The Hall–Kier alpha value is -2.70. The van der Waals surface area contributed by atoms with Gasteiger partial charge >= 0.3 is 0 Å². The summed E-state index contributed by atoms with van der Waals surface area (Å²) >= 11 is 3.00. The minimum absolute atomic E-state index is 0.169. The predicted molar refractivity (Wildman–Crippen MR) is 108 cm³/mol.